The molecule has 4 fully saturated rings. The average Bonchev–Trinajstić information content (AvgIpc) is 2.34. The van der Waals surface area contributed by atoms with Gasteiger partial charge in [0.05, 0.1) is 17.2 Å². The quantitative estimate of drug-likeness (QED) is 0.776. The molecule has 2 aliphatic carbocycles. The second-order valence-electron chi connectivity index (χ2n) is 8.22. The summed E-state index contributed by atoms with van der Waals surface area (Å²) in [6, 6.07) is -0.0948. The third-order valence-corrected chi connectivity index (χ3v) is 5.58. The van der Waals surface area contributed by atoms with Crippen molar-refractivity contribution in [3.63, 3.8) is 0 Å². The van der Waals surface area contributed by atoms with Gasteiger partial charge in [0.1, 0.15) is 5.60 Å². The minimum atomic E-state index is -0.795. The molecule has 1 amide bonds. The Bertz CT molecular complexity index is 441. The number of nitrogens with two attached hydrogens (primary N) is 1. The molecule has 120 valence electrons. The molecule has 0 radical (unpaired) electrons. The van der Waals surface area contributed by atoms with Crippen molar-refractivity contribution in [2.45, 2.75) is 82.1 Å². The van der Waals surface area contributed by atoms with Crippen molar-refractivity contribution in [2.24, 2.45) is 11.7 Å². The van der Waals surface area contributed by atoms with Crippen LogP contribution in [-0.4, -0.2) is 45.4 Å². The predicted octanol–water partition coefficient (Wildman–Crippen LogP) is 2.02. The van der Waals surface area contributed by atoms with Gasteiger partial charge in [-0.05, 0) is 65.2 Å². The fourth-order valence-corrected chi connectivity index (χ4v) is 4.36. The number of nitrogens with zero attached hydrogens (tertiary/aromatic N) is 1. The normalized spacial score (nSPS) is 38.0. The molecule has 5 nitrogen and oxygen atoms in total. The number of piperidine rings is 2. The Morgan fingerprint density at radius 3 is 2.48 bits per heavy atom. The highest BCUT2D eigenvalue weighted by Gasteiger charge is 2.62. The number of rotatable bonds is 1. The number of carbonyl (C=O) groups is 1. The first kappa shape index (κ1) is 15.1. The number of carbonyl (C=O) groups excluding carboxylic acids is 1. The van der Waals surface area contributed by atoms with E-state index in [-0.39, 0.29) is 12.1 Å². The first-order valence-corrected chi connectivity index (χ1v) is 8.16. The van der Waals surface area contributed by atoms with Crippen LogP contribution >= 0.6 is 0 Å². The maximum Gasteiger partial charge on any atom is 0.410 e. The van der Waals surface area contributed by atoms with Gasteiger partial charge in [-0.15, -0.1) is 0 Å². The van der Waals surface area contributed by atoms with E-state index in [9.17, 15) is 9.90 Å². The third kappa shape index (κ3) is 2.34. The Labute approximate surface area is 126 Å². The van der Waals surface area contributed by atoms with Crippen molar-refractivity contribution in [2.75, 3.05) is 6.54 Å². The summed E-state index contributed by atoms with van der Waals surface area (Å²) < 4.78 is 5.54. The lowest BCUT2D eigenvalue weighted by Gasteiger charge is -2.62. The van der Waals surface area contributed by atoms with Gasteiger partial charge < -0.3 is 20.5 Å². The number of ether oxygens (including phenoxy) is 1. The van der Waals surface area contributed by atoms with Crippen LogP contribution in [0.15, 0.2) is 0 Å². The van der Waals surface area contributed by atoms with Gasteiger partial charge in [0.25, 0.3) is 0 Å². The standard InChI is InChI=1S/C16H28N2O3/c1-14(2,3)21-13(19)18-10-11-5-6-12(18)16(17,9-11)15(20)7-4-8-15/h11-12,20H,4-10,17H2,1-3H3. The summed E-state index contributed by atoms with van der Waals surface area (Å²) in [5.41, 5.74) is 4.72. The zero-order chi connectivity index (χ0) is 15.5. The lowest BCUT2D eigenvalue weighted by Crippen LogP contribution is -2.78. The lowest BCUT2D eigenvalue weighted by molar-refractivity contribution is -0.161. The third-order valence-electron chi connectivity index (χ3n) is 5.58. The molecule has 3 N–H and O–H groups in total. The van der Waals surface area contributed by atoms with Crippen LogP contribution < -0.4 is 5.73 Å². The van der Waals surface area contributed by atoms with Gasteiger partial charge in [-0.25, -0.2) is 4.79 Å². The van der Waals surface area contributed by atoms with Crippen LogP contribution in [0.3, 0.4) is 0 Å². The van der Waals surface area contributed by atoms with Crippen molar-refractivity contribution in [1.82, 2.24) is 4.90 Å². The summed E-state index contributed by atoms with van der Waals surface area (Å²) in [6.45, 7) is 6.35. The Morgan fingerprint density at radius 2 is 2.00 bits per heavy atom. The predicted molar refractivity (Wildman–Crippen MR) is 79.8 cm³/mol. The van der Waals surface area contributed by atoms with E-state index in [0.29, 0.717) is 12.5 Å². The molecule has 5 heteroatoms. The summed E-state index contributed by atoms with van der Waals surface area (Å²) in [6.07, 6.45) is 5.06. The van der Waals surface area contributed by atoms with Gasteiger partial charge in [0.2, 0.25) is 0 Å². The summed E-state index contributed by atoms with van der Waals surface area (Å²) in [5, 5.41) is 10.8. The molecule has 21 heavy (non-hydrogen) atoms. The van der Waals surface area contributed by atoms with Gasteiger partial charge in [-0.3, -0.25) is 0 Å². The van der Waals surface area contributed by atoms with Crippen molar-refractivity contribution in [1.29, 1.82) is 0 Å². The molecule has 0 aromatic rings. The van der Waals surface area contributed by atoms with Crippen LogP contribution in [0, 0.1) is 5.92 Å². The highest BCUT2D eigenvalue weighted by molar-refractivity contribution is 5.69. The number of hydrogen-bond donors (Lipinski definition) is 2. The molecular weight excluding hydrogens is 268 g/mol. The Balaban J connectivity index is 1.83. The molecule has 4 aliphatic rings. The fourth-order valence-electron chi connectivity index (χ4n) is 4.36. The molecule has 2 bridgehead atoms. The zero-order valence-electron chi connectivity index (χ0n) is 13.4. The maximum absolute atomic E-state index is 12.5. The highest BCUT2D eigenvalue weighted by Crippen LogP contribution is 2.51. The topological polar surface area (TPSA) is 75.8 Å². The number of hydrogen-bond acceptors (Lipinski definition) is 4. The van der Waals surface area contributed by atoms with Gasteiger partial charge >= 0.3 is 6.09 Å². The Morgan fingerprint density at radius 1 is 1.33 bits per heavy atom. The second-order valence-corrected chi connectivity index (χ2v) is 8.22. The van der Waals surface area contributed by atoms with Crippen LogP contribution in [0.4, 0.5) is 4.79 Å². The van der Waals surface area contributed by atoms with Gasteiger partial charge in [-0.2, -0.15) is 0 Å². The highest BCUT2D eigenvalue weighted by atomic mass is 16.6. The fraction of sp³-hybridized carbons (Fsp3) is 0.938. The summed E-state index contributed by atoms with van der Waals surface area (Å²) in [7, 11) is 0. The summed E-state index contributed by atoms with van der Waals surface area (Å²) in [4.78, 5) is 14.3. The maximum atomic E-state index is 12.5. The number of amides is 1. The molecule has 0 spiro atoms. The van der Waals surface area contributed by atoms with E-state index in [1.54, 1.807) is 4.90 Å². The lowest BCUT2D eigenvalue weighted by atomic mass is 9.55. The summed E-state index contributed by atoms with van der Waals surface area (Å²) in [5.74, 6) is 0.386. The molecule has 3 atom stereocenters. The monoisotopic (exact) mass is 296 g/mol. The molecule has 0 aromatic carbocycles. The molecule has 3 unspecified atom stereocenters. The SMILES string of the molecule is CC(C)(C)OC(=O)N1CC2CCC1C(N)(C1(O)CCC1)C2. The first-order chi connectivity index (χ1) is 9.65. The van der Waals surface area contributed by atoms with Crippen LogP contribution in [0.5, 0.6) is 0 Å². The van der Waals surface area contributed by atoms with E-state index in [1.807, 2.05) is 20.8 Å². The van der Waals surface area contributed by atoms with Gasteiger partial charge in [0.15, 0.2) is 0 Å². The van der Waals surface area contributed by atoms with Crippen LogP contribution in [0.1, 0.15) is 59.3 Å². The van der Waals surface area contributed by atoms with E-state index in [0.717, 1.165) is 38.5 Å². The molecule has 2 saturated carbocycles. The number of aliphatic hydroxyl groups is 1. The van der Waals surface area contributed by atoms with E-state index < -0.39 is 16.7 Å². The van der Waals surface area contributed by atoms with E-state index >= 15 is 0 Å². The smallest absolute Gasteiger partial charge is 0.410 e. The molecule has 4 rings (SSSR count). The minimum absolute atomic E-state index is 0.0948. The van der Waals surface area contributed by atoms with Crippen LogP contribution in [0.25, 0.3) is 0 Å². The average molecular weight is 296 g/mol. The van der Waals surface area contributed by atoms with E-state index in [1.165, 1.54) is 0 Å². The van der Waals surface area contributed by atoms with E-state index in [2.05, 4.69) is 0 Å². The second kappa shape index (κ2) is 4.59. The van der Waals surface area contributed by atoms with Crippen molar-refractivity contribution >= 4 is 6.09 Å². The zero-order valence-corrected chi connectivity index (χ0v) is 13.4. The van der Waals surface area contributed by atoms with Crippen LogP contribution in [-0.2, 0) is 4.74 Å². The molecule has 2 heterocycles. The Hall–Kier alpha value is -0.810. The Kier molecular flexibility index (Phi) is 3.30. The largest absolute Gasteiger partial charge is 0.444 e. The molecular formula is C16H28N2O3. The van der Waals surface area contributed by atoms with Gasteiger partial charge in [0, 0.05) is 6.54 Å². The minimum Gasteiger partial charge on any atom is -0.444 e. The number of fused-ring (bicyclic) bond motifs is 3. The summed E-state index contributed by atoms with van der Waals surface area (Å²) >= 11 is 0. The van der Waals surface area contributed by atoms with Crippen molar-refractivity contribution in [3.8, 4) is 0 Å². The molecule has 0 aromatic heterocycles. The molecule has 2 aliphatic heterocycles. The van der Waals surface area contributed by atoms with Crippen molar-refractivity contribution < 1.29 is 14.6 Å². The molecule has 2 saturated heterocycles. The first-order valence-electron chi connectivity index (χ1n) is 8.16. The van der Waals surface area contributed by atoms with Crippen molar-refractivity contribution in [3.05, 3.63) is 0 Å². The van der Waals surface area contributed by atoms with Crippen LogP contribution in [0.2, 0.25) is 0 Å². The van der Waals surface area contributed by atoms with E-state index in [4.69, 9.17) is 10.5 Å². The van der Waals surface area contributed by atoms with Gasteiger partial charge in [-0.1, -0.05) is 0 Å².